The van der Waals surface area contributed by atoms with Gasteiger partial charge in [-0.25, -0.2) is 4.79 Å². The largest absolute Gasteiger partial charge is 0.452 e. The molecule has 0 spiro atoms. The van der Waals surface area contributed by atoms with Crippen LogP contribution in [0.3, 0.4) is 0 Å². The van der Waals surface area contributed by atoms with Crippen LogP contribution in [0, 0.1) is 0 Å². The van der Waals surface area contributed by atoms with Crippen molar-refractivity contribution in [2.24, 2.45) is 0 Å². The van der Waals surface area contributed by atoms with Crippen LogP contribution in [-0.4, -0.2) is 32.6 Å². The zero-order chi connectivity index (χ0) is 8.97. The van der Waals surface area contributed by atoms with Crippen LogP contribution in [0.2, 0.25) is 0 Å². The summed E-state index contributed by atoms with van der Waals surface area (Å²) < 4.78 is 14.6. The van der Waals surface area contributed by atoms with Gasteiger partial charge in [0.05, 0.1) is 6.61 Å². The molecule has 0 saturated heterocycles. The maximum Gasteiger partial charge on any atom is 0.331 e. The highest BCUT2D eigenvalue weighted by atomic mass is 16.7. The summed E-state index contributed by atoms with van der Waals surface area (Å²) in [4.78, 5) is 10.7. The SMILES string of the molecule is COCOCC1OC(=O)C=C1C. The summed E-state index contributed by atoms with van der Waals surface area (Å²) in [6.45, 7) is 2.43. The molecule has 1 atom stereocenters. The summed E-state index contributed by atoms with van der Waals surface area (Å²) in [5, 5.41) is 0. The highest BCUT2D eigenvalue weighted by Crippen LogP contribution is 2.14. The second-order valence-corrected chi connectivity index (χ2v) is 2.59. The Kier molecular flexibility index (Phi) is 3.25. The van der Waals surface area contributed by atoms with Crippen LogP contribution in [-0.2, 0) is 19.0 Å². The molecule has 0 aromatic heterocycles. The van der Waals surface area contributed by atoms with Crippen LogP contribution in [0.4, 0.5) is 0 Å². The Balaban J connectivity index is 2.26. The molecule has 1 unspecified atom stereocenters. The number of methoxy groups -OCH3 is 1. The van der Waals surface area contributed by atoms with E-state index in [0.717, 1.165) is 5.57 Å². The molecule has 4 heteroatoms. The van der Waals surface area contributed by atoms with Crippen molar-refractivity contribution in [1.82, 2.24) is 0 Å². The lowest BCUT2D eigenvalue weighted by Gasteiger charge is -2.11. The molecule has 12 heavy (non-hydrogen) atoms. The summed E-state index contributed by atoms with van der Waals surface area (Å²) in [7, 11) is 1.54. The van der Waals surface area contributed by atoms with E-state index in [1.807, 2.05) is 6.92 Å². The molecule has 1 aliphatic heterocycles. The van der Waals surface area contributed by atoms with Gasteiger partial charge in [0.1, 0.15) is 12.9 Å². The Hall–Kier alpha value is -0.870. The minimum Gasteiger partial charge on any atom is -0.452 e. The van der Waals surface area contributed by atoms with E-state index in [0.29, 0.717) is 6.61 Å². The van der Waals surface area contributed by atoms with Crippen LogP contribution in [0.15, 0.2) is 11.6 Å². The van der Waals surface area contributed by atoms with E-state index in [2.05, 4.69) is 4.74 Å². The van der Waals surface area contributed by atoms with Gasteiger partial charge in [-0.1, -0.05) is 0 Å². The van der Waals surface area contributed by atoms with Crippen LogP contribution >= 0.6 is 0 Å². The second-order valence-electron chi connectivity index (χ2n) is 2.59. The summed E-state index contributed by atoms with van der Waals surface area (Å²) in [5.41, 5.74) is 0.899. The topological polar surface area (TPSA) is 44.8 Å². The predicted octanol–water partition coefficient (Wildman–Crippen LogP) is 0.479. The molecule has 0 saturated carbocycles. The maximum atomic E-state index is 10.7. The molecule has 68 valence electrons. The van der Waals surface area contributed by atoms with Crippen LogP contribution < -0.4 is 0 Å². The molecule has 4 nitrogen and oxygen atoms in total. The summed E-state index contributed by atoms with van der Waals surface area (Å²) >= 11 is 0. The quantitative estimate of drug-likeness (QED) is 0.351. The Morgan fingerprint density at radius 2 is 2.42 bits per heavy atom. The van der Waals surface area contributed by atoms with Crippen molar-refractivity contribution >= 4 is 5.97 Å². The number of esters is 1. The first kappa shape index (κ1) is 9.22. The van der Waals surface area contributed by atoms with Crippen molar-refractivity contribution in [2.75, 3.05) is 20.5 Å². The van der Waals surface area contributed by atoms with E-state index in [-0.39, 0.29) is 18.9 Å². The smallest absolute Gasteiger partial charge is 0.331 e. The van der Waals surface area contributed by atoms with Gasteiger partial charge in [-0.05, 0) is 12.5 Å². The van der Waals surface area contributed by atoms with Gasteiger partial charge in [0.2, 0.25) is 0 Å². The average molecular weight is 172 g/mol. The van der Waals surface area contributed by atoms with Gasteiger partial charge < -0.3 is 14.2 Å². The number of carbonyl (C=O) groups is 1. The second kappa shape index (κ2) is 4.23. The average Bonchev–Trinajstić information content (AvgIpc) is 2.31. The maximum absolute atomic E-state index is 10.7. The number of carbonyl (C=O) groups excluding carboxylic acids is 1. The lowest BCUT2D eigenvalue weighted by Crippen LogP contribution is -2.18. The molecule has 0 fully saturated rings. The first-order valence-corrected chi connectivity index (χ1v) is 3.69. The Bertz CT molecular complexity index is 197. The third-order valence-electron chi connectivity index (χ3n) is 1.58. The lowest BCUT2D eigenvalue weighted by molar-refractivity contribution is -0.143. The van der Waals surface area contributed by atoms with E-state index in [1.165, 1.54) is 6.08 Å². The van der Waals surface area contributed by atoms with Crippen molar-refractivity contribution in [3.8, 4) is 0 Å². The molecule has 0 aromatic carbocycles. The van der Waals surface area contributed by atoms with Crippen molar-refractivity contribution in [3.05, 3.63) is 11.6 Å². The Morgan fingerprint density at radius 3 is 2.92 bits per heavy atom. The zero-order valence-electron chi connectivity index (χ0n) is 7.20. The van der Waals surface area contributed by atoms with Crippen molar-refractivity contribution in [3.63, 3.8) is 0 Å². The Labute approximate surface area is 71.1 Å². The molecule has 0 aliphatic carbocycles. The van der Waals surface area contributed by atoms with E-state index in [1.54, 1.807) is 7.11 Å². The van der Waals surface area contributed by atoms with Crippen molar-refractivity contribution in [2.45, 2.75) is 13.0 Å². The lowest BCUT2D eigenvalue weighted by atomic mass is 10.2. The van der Waals surface area contributed by atoms with Crippen molar-refractivity contribution < 1.29 is 19.0 Å². The fourth-order valence-corrected chi connectivity index (χ4v) is 0.950. The minimum absolute atomic E-state index is 0.224. The van der Waals surface area contributed by atoms with E-state index >= 15 is 0 Å². The predicted molar refractivity (Wildman–Crippen MR) is 41.5 cm³/mol. The van der Waals surface area contributed by atoms with Gasteiger partial charge in [0, 0.05) is 13.2 Å². The standard InChI is InChI=1S/C8H12O4/c1-6-3-8(9)12-7(6)4-11-5-10-2/h3,7H,4-5H2,1-2H3. The fourth-order valence-electron chi connectivity index (χ4n) is 0.950. The van der Waals surface area contributed by atoms with Crippen LogP contribution in [0.1, 0.15) is 6.92 Å². The first-order chi connectivity index (χ1) is 5.74. The summed E-state index contributed by atoms with van der Waals surface area (Å²) in [5.74, 6) is -0.293. The van der Waals surface area contributed by atoms with Gasteiger partial charge in [-0.2, -0.15) is 0 Å². The zero-order valence-corrected chi connectivity index (χ0v) is 7.20. The third kappa shape index (κ3) is 2.32. The summed E-state index contributed by atoms with van der Waals surface area (Å²) in [6, 6.07) is 0. The molecule has 1 aliphatic rings. The molecule has 0 amide bonds. The third-order valence-corrected chi connectivity index (χ3v) is 1.58. The fraction of sp³-hybridized carbons (Fsp3) is 0.625. The van der Waals surface area contributed by atoms with Gasteiger partial charge in [0.15, 0.2) is 0 Å². The number of cyclic esters (lactones) is 1. The van der Waals surface area contributed by atoms with E-state index in [9.17, 15) is 4.79 Å². The monoisotopic (exact) mass is 172 g/mol. The van der Waals surface area contributed by atoms with Crippen molar-refractivity contribution in [1.29, 1.82) is 0 Å². The molecule has 1 heterocycles. The van der Waals surface area contributed by atoms with Crippen LogP contribution in [0.25, 0.3) is 0 Å². The van der Waals surface area contributed by atoms with Crippen LogP contribution in [0.5, 0.6) is 0 Å². The number of hydrogen-bond acceptors (Lipinski definition) is 4. The van der Waals surface area contributed by atoms with Gasteiger partial charge >= 0.3 is 5.97 Å². The number of hydrogen-bond donors (Lipinski definition) is 0. The van der Waals surface area contributed by atoms with Gasteiger partial charge in [0.25, 0.3) is 0 Å². The Morgan fingerprint density at radius 1 is 1.67 bits per heavy atom. The highest BCUT2D eigenvalue weighted by molar-refractivity contribution is 5.85. The van der Waals surface area contributed by atoms with Gasteiger partial charge in [-0.15, -0.1) is 0 Å². The molecular formula is C8H12O4. The molecule has 0 bridgehead atoms. The molecule has 0 N–H and O–H groups in total. The molecular weight excluding hydrogens is 160 g/mol. The minimum atomic E-state index is -0.293. The van der Waals surface area contributed by atoms with Gasteiger partial charge in [-0.3, -0.25) is 0 Å². The molecule has 0 aromatic rings. The van der Waals surface area contributed by atoms with E-state index < -0.39 is 0 Å². The first-order valence-electron chi connectivity index (χ1n) is 3.69. The summed E-state index contributed by atoms with van der Waals surface area (Å²) in [6.07, 6.45) is 1.24. The number of rotatable bonds is 4. The molecule has 0 radical (unpaired) electrons. The number of ether oxygens (including phenoxy) is 3. The molecule has 1 rings (SSSR count). The van der Waals surface area contributed by atoms with E-state index in [4.69, 9.17) is 9.47 Å². The highest BCUT2D eigenvalue weighted by Gasteiger charge is 2.22. The normalized spacial score (nSPS) is 22.3.